The van der Waals surface area contributed by atoms with E-state index in [2.05, 4.69) is 35.8 Å². The monoisotopic (exact) mass is 213 g/mol. The fourth-order valence-corrected chi connectivity index (χ4v) is 3.01. The maximum atomic E-state index is 2.59. The van der Waals surface area contributed by atoms with Gasteiger partial charge in [0.2, 0.25) is 0 Å². The normalized spacial score (nSPS) is 17.3. The Labute approximate surface area is 97.5 Å². The van der Waals surface area contributed by atoms with Crippen LogP contribution in [0.5, 0.6) is 0 Å². The summed E-state index contributed by atoms with van der Waals surface area (Å²) < 4.78 is 2.59. The first kappa shape index (κ1) is 9.95. The summed E-state index contributed by atoms with van der Waals surface area (Å²) >= 11 is 0. The summed E-state index contributed by atoms with van der Waals surface area (Å²) in [6.45, 7) is 3.47. The zero-order valence-electron chi connectivity index (χ0n) is 10.00. The lowest BCUT2D eigenvalue weighted by Crippen LogP contribution is -2.08. The van der Waals surface area contributed by atoms with Gasteiger partial charge in [0.05, 0.1) is 0 Å². The van der Waals surface area contributed by atoms with E-state index in [-0.39, 0.29) is 0 Å². The van der Waals surface area contributed by atoms with Gasteiger partial charge in [0.25, 0.3) is 0 Å². The van der Waals surface area contributed by atoms with Crippen molar-refractivity contribution in [2.24, 2.45) is 0 Å². The third kappa shape index (κ3) is 1.38. The molecule has 0 atom stereocenters. The molecular weight excluding hydrogens is 194 g/mol. The highest BCUT2D eigenvalue weighted by Gasteiger charge is 2.21. The third-order valence-corrected chi connectivity index (χ3v) is 3.68. The Bertz CT molecular complexity index is 421. The summed E-state index contributed by atoms with van der Waals surface area (Å²) in [4.78, 5) is 0. The molecule has 1 heterocycles. The zero-order chi connectivity index (χ0) is 11.0. The molecule has 0 saturated heterocycles. The van der Waals surface area contributed by atoms with Crippen LogP contribution in [0.4, 0.5) is 0 Å². The topological polar surface area (TPSA) is 4.93 Å². The molecule has 0 aromatic carbocycles. The van der Waals surface area contributed by atoms with E-state index >= 15 is 0 Å². The maximum absolute atomic E-state index is 2.59. The van der Waals surface area contributed by atoms with Crippen LogP contribution in [0, 0.1) is 0 Å². The minimum Gasteiger partial charge on any atom is -0.347 e. The van der Waals surface area contributed by atoms with E-state index in [4.69, 9.17) is 0 Å². The van der Waals surface area contributed by atoms with Gasteiger partial charge in [-0.15, -0.1) is 0 Å². The molecule has 0 radical (unpaired) electrons. The predicted octanol–water partition coefficient (Wildman–Crippen LogP) is 3.82. The van der Waals surface area contributed by atoms with Gasteiger partial charge < -0.3 is 4.57 Å². The molecular formula is C15H19N. The summed E-state index contributed by atoms with van der Waals surface area (Å²) in [5.74, 6) is 0. The molecule has 0 unspecified atom stereocenters. The Kier molecular flexibility index (Phi) is 2.47. The molecule has 0 fully saturated rings. The SMILES string of the molecule is CCCn1c2c(c3c1CCC=C3)C=CCC2. The first-order valence-electron chi connectivity index (χ1n) is 6.49. The van der Waals surface area contributed by atoms with Crippen molar-refractivity contribution in [3.05, 3.63) is 34.7 Å². The molecule has 0 bridgehead atoms. The minimum absolute atomic E-state index is 1.19. The van der Waals surface area contributed by atoms with Crippen LogP contribution in [-0.4, -0.2) is 4.57 Å². The van der Waals surface area contributed by atoms with Crippen LogP contribution in [0.1, 0.15) is 48.7 Å². The van der Waals surface area contributed by atoms with Gasteiger partial charge in [0, 0.05) is 29.1 Å². The number of nitrogens with zero attached hydrogens (tertiary/aromatic N) is 1. The number of aromatic nitrogens is 1. The number of hydrogen-bond acceptors (Lipinski definition) is 0. The second kappa shape index (κ2) is 3.97. The van der Waals surface area contributed by atoms with E-state index in [1.54, 1.807) is 11.4 Å². The van der Waals surface area contributed by atoms with Crippen LogP contribution in [-0.2, 0) is 19.4 Å². The Morgan fingerprint density at radius 1 is 1.00 bits per heavy atom. The number of hydrogen-bond donors (Lipinski definition) is 0. The summed E-state index contributed by atoms with van der Waals surface area (Å²) in [5, 5.41) is 0. The van der Waals surface area contributed by atoms with Crippen molar-refractivity contribution >= 4 is 12.2 Å². The van der Waals surface area contributed by atoms with E-state index < -0.39 is 0 Å². The summed E-state index contributed by atoms with van der Waals surface area (Å²) in [7, 11) is 0. The standard InChI is InChI=1S/C15H19N/c1-2-11-16-14-9-5-3-7-12(14)13-8-4-6-10-15(13)16/h3-4,7-8H,2,5-6,9-11H2,1H3. The lowest BCUT2D eigenvalue weighted by molar-refractivity contribution is 0.613. The summed E-state index contributed by atoms with van der Waals surface area (Å²) in [5.41, 5.74) is 6.18. The Morgan fingerprint density at radius 2 is 1.56 bits per heavy atom. The van der Waals surface area contributed by atoms with E-state index in [1.165, 1.54) is 49.8 Å². The summed E-state index contributed by atoms with van der Waals surface area (Å²) in [6, 6.07) is 0. The van der Waals surface area contributed by atoms with Gasteiger partial charge in [-0.3, -0.25) is 0 Å². The van der Waals surface area contributed by atoms with Crippen molar-refractivity contribution in [2.45, 2.75) is 45.6 Å². The lowest BCUT2D eigenvalue weighted by atomic mass is 9.97. The fourth-order valence-electron chi connectivity index (χ4n) is 3.01. The van der Waals surface area contributed by atoms with Crippen molar-refractivity contribution < 1.29 is 0 Å². The summed E-state index contributed by atoms with van der Waals surface area (Å²) in [6.07, 6.45) is 15.4. The molecule has 1 aromatic heterocycles. The fraction of sp³-hybridized carbons (Fsp3) is 0.467. The molecule has 1 nitrogen and oxygen atoms in total. The van der Waals surface area contributed by atoms with E-state index in [0.29, 0.717) is 0 Å². The van der Waals surface area contributed by atoms with Gasteiger partial charge in [-0.05, 0) is 32.1 Å². The van der Waals surface area contributed by atoms with Crippen LogP contribution < -0.4 is 0 Å². The molecule has 0 N–H and O–H groups in total. The molecule has 2 aliphatic rings. The van der Waals surface area contributed by atoms with Crippen molar-refractivity contribution in [2.75, 3.05) is 0 Å². The second-order valence-corrected chi connectivity index (χ2v) is 4.75. The number of allylic oxidation sites excluding steroid dienone is 2. The lowest BCUT2D eigenvalue weighted by Gasteiger charge is -2.14. The molecule has 3 rings (SSSR count). The molecule has 0 aliphatic heterocycles. The molecule has 0 saturated carbocycles. The van der Waals surface area contributed by atoms with Crippen LogP contribution >= 0.6 is 0 Å². The molecule has 0 amide bonds. The minimum atomic E-state index is 1.19. The Balaban J connectivity index is 2.20. The van der Waals surface area contributed by atoms with Gasteiger partial charge in [0.15, 0.2) is 0 Å². The van der Waals surface area contributed by atoms with Gasteiger partial charge in [-0.1, -0.05) is 31.2 Å². The largest absolute Gasteiger partial charge is 0.347 e. The van der Waals surface area contributed by atoms with Crippen molar-refractivity contribution in [3.63, 3.8) is 0 Å². The van der Waals surface area contributed by atoms with Gasteiger partial charge in [-0.2, -0.15) is 0 Å². The molecule has 1 heteroatoms. The van der Waals surface area contributed by atoms with E-state index in [0.717, 1.165) is 0 Å². The van der Waals surface area contributed by atoms with Crippen LogP contribution in [0.3, 0.4) is 0 Å². The van der Waals surface area contributed by atoms with E-state index in [1.807, 2.05) is 0 Å². The first-order valence-corrected chi connectivity index (χ1v) is 6.49. The van der Waals surface area contributed by atoms with Gasteiger partial charge in [0.1, 0.15) is 0 Å². The van der Waals surface area contributed by atoms with E-state index in [9.17, 15) is 0 Å². The van der Waals surface area contributed by atoms with Gasteiger partial charge >= 0.3 is 0 Å². The second-order valence-electron chi connectivity index (χ2n) is 4.75. The van der Waals surface area contributed by atoms with Crippen molar-refractivity contribution in [3.8, 4) is 0 Å². The zero-order valence-corrected chi connectivity index (χ0v) is 10.00. The first-order chi connectivity index (χ1) is 7.92. The Morgan fingerprint density at radius 3 is 2.06 bits per heavy atom. The highest BCUT2D eigenvalue weighted by molar-refractivity contribution is 5.72. The quantitative estimate of drug-likeness (QED) is 0.704. The van der Waals surface area contributed by atoms with Crippen molar-refractivity contribution in [1.82, 2.24) is 4.57 Å². The van der Waals surface area contributed by atoms with Crippen LogP contribution in [0.25, 0.3) is 12.2 Å². The molecule has 16 heavy (non-hydrogen) atoms. The van der Waals surface area contributed by atoms with Crippen LogP contribution in [0.15, 0.2) is 12.2 Å². The maximum Gasteiger partial charge on any atom is 0.0259 e. The predicted molar refractivity (Wildman–Crippen MR) is 69.4 cm³/mol. The molecule has 84 valence electrons. The highest BCUT2D eigenvalue weighted by atomic mass is 15.0. The van der Waals surface area contributed by atoms with Gasteiger partial charge in [-0.25, -0.2) is 0 Å². The smallest absolute Gasteiger partial charge is 0.0259 e. The Hall–Kier alpha value is -1.24. The third-order valence-electron chi connectivity index (χ3n) is 3.68. The molecule has 1 aromatic rings. The van der Waals surface area contributed by atoms with Crippen LogP contribution in [0.2, 0.25) is 0 Å². The average Bonchev–Trinajstić information content (AvgIpc) is 2.66. The van der Waals surface area contributed by atoms with Crippen molar-refractivity contribution in [1.29, 1.82) is 0 Å². The molecule has 2 aliphatic carbocycles. The number of fused-ring (bicyclic) bond motifs is 3. The average molecular weight is 213 g/mol. The number of rotatable bonds is 2. The highest BCUT2D eigenvalue weighted by Crippen LogP contribution is 2.33. The molecule has 0 spiro atoms.